The molecule has 2 aliphatic rings. The maximum Gasteiger partial charge on any atom is 0.215 e. The Bertz CT molecular complexity index is 1000. The van der Waals surface area contributed by atoms with Crippen molar-refractivity contribution in [3.8, 4) is 11.5 Å². The number of fused-ring (bicyclic) bond motifs is 3. The van der Waals surface area contributed by atoms with Gasteiger partial charge in [-0.15, -0.1) is 0 Å². The summed E-state index contributed by atoms with van der Waals surface area (Å²) in [6, 6.07) is 20.5. The third-order valence-corrected chi connectivity index (χ3v) is 5.17. The van der Waals surface area contributed by atoms with Gasteiger partial charge in [0.05, 0.1) is 18.4 Å². The number of hydrazone groups is 1. The Labute approximate surface area is 164 Å². The number of nitrogens with zero attached hydrogens (tertiary/aromatic N) is 3. The maximum atomic E-state index is 6.33. The van der Waals surface area contributed by atoms with Gasteiger partial charge in [-0.05, 0) is 48.9 Å². The zero-order valence-electron chi connectivity index (χ0n) is 15.7. The van der Waals surface area contributed by atoms with Gasteiger partial charge in [-0.1, -0.05) is 24.3 Å². The van der Waals surface area contributed by atoms with Crippen LogP contribution in [0.3, 0.4) is 0 Å². The number of rotatable bonds is 4. The molecular weight excluding hydrogens is 350 g/mol. The van der Waals surface area contributed by atoms with Gasteiger partial charge in [0.25, 0.3) is 0 Å². The first-order chi connectivity index (χ1) is 13.8. The molecule has 5 rings (SSSR count). The first kappa shape index (κ1) is 16.8. The molecule has 0 unspecified atom stereocenters. The minimum atomic E-state index is -0.284. The van der Waals surface area contributed by atoms with Crippen LogP contribution in [0.1, 0.15) is 42.3 Å². The molecule has 0 saturated heterocycles. The summed E-state index contributed by atoms with van der Waals surface area (Å²) in [6.45, 7) is 2.65. The average molecular weight is 371 g/mol. The quantitative estimate of drug-likeness (QED) is 0.666. The Morgan fingerprint density at radius 3 is 2.71 bits per heavy atom. The summed E-state index contributed by atoms with van der Waals surface area (Å²) < 4.78 is 11.9. The fourth-order valence-corrected chi connectivity index (χ4v) is 3.86. The van der Waals surface area contributed by atoms with Gasteiger partial charge < -0.3 is 9.47 Å². The third-order valence-electron chi connectivity index (χ3n) is 5.17. The van der Waals surface area contributed by atoms with Crippen LogP contribution in [0.4, 0.5) is 0 Å². The van der Waals surface area contributed by atoms with Crippen molar-refractivity contribution in [3.05, 3.63) is 89.7 Å². The predicted molar refractivity (Wildman–Crippen MR) is 107 cm³/mol. The molecule has 0 aliphatic carbocycles. The van der Waals surface area contributed by atoms with Gasteiger partial charge in [0.1, 0.15) is 11.5 Å². The van der Waals surface area contributed by atoms with Gasteiger partial charge in [0.15, 0.2) is 0 Å². The number of aromatic nitrogens is 1. The van der Waals surface area contributed by atoms with E-state index in [9.17, 15) is 0 Å². The minimum Gasteiger partial charge on any atom is -0.494 e. The second-order valence-electron chi connectivity index (χ2n) is 6.90. The topological polar surface area (TPSA) is 47.0 Å². The predicted octanol–water partition coefficient (Wildman–Crippen LogP) is 4.72. The van der Waals surface area contributed by atoms with Crippen LogP contribution < -0.4 is 9.47 Å². The lowest BCUT2D eigenvalue weighted by Crippen LogP contribution is -2.33. The van der Waals surface area contributed by atoms with Crippen LogP contribution in [0.15, 0.2) is 78.2 Å². The molecule has 0 N–H and O–H groups in total. The molecule has 2 aromatic carbocycles. The first-order valence-corrected chi connectivity index (χ1v) is 9.58. The highest BCUT2D eigenvalue weighted by Crippen LogP contribution is 2.47. The van der Waals surface area contributed by atoms with Gasteiger partial charge in [-0.2, -0.15) is 5.10 Å². The van der Waals surface area contributed by atoms with Gasteiger partial charge in [0, 0.05) is 29.9 Å². The van der Waals surface area contributed by atoms with Crippen LogP contribution >= 0.6 is 0 Å². The summed E-state index contributed by atoms with van der Waals surface area (Å²) in [5.41, 5.74) is 4.34. The van der Waals surface area contributed by atoms with E-state index in [0.29, 0.717) is 6.61 Å². The smallest absolute Gasteiger partial charge is 0.215 e. The highest BCUT2D eigenvalue weighted by molar-refractivity contribution is 6.02. The lowest BCUT2D eigenvalue weighted by atomic mass is 9.96. The van der Waals surface area contributed by atoms with E-state index in [1.165, 1.54) is 5.56 Å². The average Bonchev–Trinajstić information content (AvgIpc) is 3.20. The number of hydrogen-bond donors (Lipinski definition) is 0. The molecular formula is C23H21N3O2. The number of pyridine rings is 1. The summed E-state index contributed by atoms with van der Waals surface area (Å²) >= 11 is 0. The summed E-state index contributed by atoms with van der Waals surface area (Å²) in [5, 5.41) is 7.04. The standard InChI is InChI=1S/C23H21N3O2/c1-2-27-18-11-9-16(10-12-18)20-14-21-19-7-3-4-8-22(19)28-23(26(21)25-20)17-6-5-13-24-15-17/h3-13,15,21,23H,2,14H2,1H3/t21-,23-/m0/s1. The van der Waals surface area contributed by atoms with Gasteiger partial charge in [-0.3, -0.25) is 4.98 Å². The number of para-hydroxylation sites is 1. The first-order valence-electron chi connectivity index (χ1n) is 9.58. The van der Waals surface area contributed by atoms with Gasteiger partial charge in [0.2, 0.25) is 6.23 Å². The van der Waals surface area contributed by atoms with Crippen molar-refractivity contribution in [3.63, 3.8) is 0 Å². The molecule has 0 bridgehead atoms. The minimum absolute atomic E-state index is 0.150. The van der Waals surface area contributed by atoms with Crippen molar-refractivity contribution >= 4 is 5.71 Å². The summed E-state index contributed by atoms with van der Waals surface area (Å²) in [4.78, 5) is 4.27. The van der Waals surface area contributed by atoms with Gasteiger partial charge >= 0.3 is 0 Å². The molecule has 0 fully saturated rings. The molecule has 0 spiro atoms. The molecule has 2 aliphatic heterocycles. The normalized spacial score (nSPS) is 20.0. The van der Waals surface area contributed by atoms with Crippen LogP contribution in [0.2, 0.25) is 0 Å². The van der Waals surface area contributed by atoms with E-state index < -0.39 is 0 Å². The van der Waals surface area contributed by atoms with Crippen LogP contribution in [0, 0.1) is 0 Å². The Balaban J connectivity index is 1.53. The number of benzene rings is 2. The monoisotopic (exact) mass is 371 g/mol. The zero-order valence-corrected chi connectivity index (χ0v) is 15.7. The van der Waals surface area contributed by atoms with Gasteiger partial charge in [-0.25, -0.2) is 5.01 Å². The number of ether oxygens (including phenoxy) is 2. The molecule has 0 amide bonds. The molecule has 5 heteroatoms. The summed E-state index contributed by atoms with van der Waals surface area (Å²) in [7, 11) is 0. The van der Waals surface area contributed by atoms with Crippen molar-refractivity contribution in [2.45, 2.75) is 25.6 Å². The zero-order chi connectivity index (χ0) is 18.9. The van der Waals surface area contributed by atoms with Crippen LogP contribution in [-0.4, -0.2) is 22.3 Å². The highest BCUT2D eigenvalue weighted by Gasteiger charge is 2.40. The fourth-order valence-electron chi connectivity index (χ4n) is 3.86. The molecule has 3 heterocycles. The lowest BCUT2D eigenvalue weighted by molar-refractivity contribution is -0.0192. The second-order valence-corrected chi connectivity index (χ2v) is 6.90. The van der Waals surface area contributed by atoms with E-state index in [1.54, 1.807) is 6.20 Å². The van der Waals surface area contributed by atoms with E-state index in [4.69, 9.17) is 14.6 Å². The Morgan fingerprint density at radius 2 is 1.93 bits per heavy atom. The summed E-state index contributed by atoms with van der Waals surface area (Å²) in [6.07, 6.45) is 4.18. The fraction of sp³-hybridized carbons (Fsp3) is 0.217. The molecule has 5 nitrogen and oxygen atoms in total. The maximum absolute atomic E-state index is 6.33. The molecule has 28 heavy (non-hydrogen) atoms. The van der Waals surface area contributed by atoms with Crippen molar-refractivity contribution in [1.82, 2.24) is 9.99 Å². The molecule has 0 saturated carbocycles. The molecule has 2 atom stereocenters. The lowest BCUT2D eigenvalue weighted by Gasteiger charge is -2.38. The molecule has 140 valence electrons. The Morgan fingerprint density at radius 1 is 1.07 bits per heavy atom. The van der Waals surface area contributed by atoms with Crippen LogP contribution in [0.25, 0.3) is 0 Å². The molecule has 1 aromatic heterocycles. The summed E-state index contributed by atoms with van der Waals surface area (Å²) in [5.74, 6) is 1.80. The van der Waals surface area contributed by atoms with E-state index in [-0.39, 0.29) is 12.3 Å². The number of hydrogen-bond acceptors (Lipinski definition) is 5. The van der Waals surface area contributed by atoms with Crippen molar-refractivity contribution < 1.29 is 9.47 Å². The third kappa shape index (κ3) is 2.89. The molecule has 3 aromatic rings. The SMILES string of the molecule is CCOc1ccc(C2=NN3[C@@H](C2)c2ccccc2O[C@H]3c2cccnc2)cc1. The van der Waals surface area contributed by atoms with E-state index in [1.807, 2.05) is 49.5 Å². The van der Waals surface area contributed by atoms with Crippen molar-refractivity contribution in [1.29, 1.82) is 0 Å². The van der Waals surface area contributed by atoms with E-state index >= 15 is 0 Å². The molecule has 0 radical (unpaired) electrons. The Hall–Kier alpha value is -3.34. The van der Waals surface area contributed by atoms with E-state index in [0.717, 1.165) is 34.8 Å². The van der Waals surface area contributed by atoms with E-state index in [2.05, 4.69) is 34.3 Å². The Kier molecular flexibility index (Phi) is 4.20. The second kappa shape index (κ2) is 7.00. The van der Waals surface area contributed by atoms with Crippen LogP contribution in [0.5, 0.6) is 11.5 Å². The van der Waals surface area contributed by atoms with Crippen molar-refractivity contribution in [2.24, 2.45) is 5.10 Å². The highest BCUT2D eigenvalue weighted by atomic mass is 16.5. The van der Waals surface area contributed by atoms with Crippen LogP contribution in [-0.2, 0) is 0 Å². The largest absolute Gasteiger partial charge is 0.494 e. The van der Waals surface area contributed by atoms with Crippen molar-refractivity contribution in [2.75, 3.05) is 6.61 Å².